The van der Waals surface area contributed by atoms with E-state index >= 15 is 0 Å². The van der Waals surface area contributed by atoms with E-state index in [0.717, 1.165) is 5.56 Å². The molecule has 2 N–H and O–H groups in total. The fourth-order valence-electron chi connectivity index (χ4n) is 3.79. The van der Waals surface area contributed by atoms with Crippen molar-refractivity contribution in [2.75, 3.05) is 19.0 Å². The average molecular weight is 498 g/mol. The lowest BCUT2D eigenvalue weighted by Gasteiger charge is -2.35. The molecular weight excluding hydrogens is 458 g/mol. The first-order chi connectivity index (χ1) is 16.9. The molecule has 0 aliphatic heterocycles. The van der Waals surface area contributed by atoms with E-state index in [-0.39, 0.29) is 24.3 Å². The molecule has 0 radical (unpaired) electrons. The zero-order valence-electron chi connectivity index (χ0n) is 22.5. The minimum Gasteiger partial charge on any atom is -0.497 e. The van der Waals surface area contributed by atoms with Crippen LogP contribution >= 0.6 is 0 Å². The van der Waals surface area contributed by atoms with Crippen LogP contribution in [-0.2, 0) is 14.3 Å². The standard InChI is InChI=1S/C28H39N3O5/c1-9-31(26(33)23(18(2)3)30-27(34)36-28(5,6)7)24(20-12-10-11-19(4)17-20)25(32)29-21-13-15-22(35-8)16-14-21/h10-18,23-24H,9H2,1-8H3,(H,29,32)(H,30,34). The van der Waals surface area contributed by atoms with Gasteiger partial charge in [0, 0.05) is 12.2 Å². The van der Waals surface area contributed by atoms with Crippen molar-refractivity contribution in [1.29, 1.82) is 0 Å². The maximum absolute atomic E-state index is 13.8. The molecule has 196 valence electrons. The molecule has 2 aromatic carbocycles. The minimum absolute atomic E-state index is 0.234. The molecule has 2 rings (SSSR count). The van der Waals surface area contributed by atoms with Crippen molar-refractivity contribution in [1.82, 2.24) is 10.2 Å². The number of carbonyl (C=O) groups excluding carboxylic acids is 3. The van der Waals surface area contributed by atoms with E-state index in [4.69, 9.17) is 9.47 Å². The zero-order chi connectivity index (χ0) is 27.0. The Kier molecular flexibility index (Phi) is 9.90. The largest absolute Gasteiger partial charge is 0.497 e. The van der Waals surface area contributed by atoms with Crippen LogP contribution in [0.25, 0.3) is 0 Å². The molecule has 0 saturated heterocycles. The molecule has 0 aliphatic rings. The second kappa shape index (κ2) is 12.4. The van der Waals surface area contributed by atoms with Gasteiger partial charge >= 0.3 is 6.09 Å². The molecule has 0 spiro atoms. The lowest BCUT2D eigenvalue weighted by Crippen LogP contribution is -2.54. The van der Waals surface area contributed by atoms with Gasteiger partial charge in [0.1, 0.15) is 23.4 Å². The Hall–Kier alpha value is -3.55. The number of nitrogens with zero attached hydrogens (tertiary/aromatic N) is 1. The Morgan fingerprint density at radius 3 is 2.17 bits per heavy atom. The molecule has 0 aliphatic carbocycles. The zero-order valence-corrected chi connectivity index (χ0v) is 22.5. The predicted molar refractivity (Wildman–Crippen MR) is 141 cm³/mol. The van der Waals surface area contributed by atoms with Crippen molar-refractivity contribution in [2.45, 2.75) is 66.2 Å². The third-order valence-corrected chi connectivity index (χ3v) is 5.50. The van der Waals surface area contributed by atoms with E-state index in [0.29, 0.717) is 17.0 Å². The number of carbonyl (C=O) groups is 3. The van der Waals surface area contributed by atoms with Crippen molar-refractivity contribution in [2.24, 2.45) is 5.92 Å². The van der Waals surface area contributed by atoms with Crippen LogP contribution < -0.4 is 15.4 Å². The quantitative estimate of drug-likeness (QED) is 0.504. The fraction of sp³-hybridized carbons (Fsp3) is 0.464. The van der Waals surface area contributed by atoms with Crippen LogP contribution in [0.3, 0.4) is 0 Å². The average Bonchev–Trinajstić information content (AvgIpc) is 2.79. The van der Waals surface area contributed by atoms with Gasteiger partial charge < -0.3 is 25.0 Å². The molecule has 0 aromatic heterocycles. The molecule has 0 fully saturated rings. The number of hydrogen-bond acceptors (Lipinski definition) is 5. The number of methoxy groups -OCH3 is 1. The lowest BCUT2D eigenvalue weighted by atomic mass is 9.98. The number of likely N-dealkylation sites (N-methyl/N-ethyl adjacent to an activating group) is 1. The summed E-state index contributed by atoms with van der Waals surface area (Å²) < 4.78 is 10.6. The van der Waals surface area contributed by atoms with Gasteiger partial charge in [-0.25, -0.2) is 4.79 Å². The second-order valence-electron chi connectivity index (χ2n) is 10.0. The monoisotopic (exact) mass is 497 g/mol. The van der Waals surface area contributed by atoms with Gasteiger partial charge in [-0.2, -0.15) is 0 Å². The van der Waals surface area contributed by atoms with E-state index < -0.39 is 23.8 Å². The van der Waals surface area contributed by atoms with Crippen molar-refractivity contribution in [3.8, 4) is 5.75 Å². The summed E-state index contributed by atoms with van der Waals surface area (Å²) in [5.74, 6) is -0.293. The highest BCUT2D eigenvalue weighted by atomic mass is 16.6. The first-order valence-electron chi connectivity index (χ1n) is 12.2. The number of nitrogens with one attached hydrogen (secondary N) is 2. The first kappa shape index (κ1) is 28.7. The maximum Gasteiger partial charge on any atom is 0.408 e. The summed E-state index contributed by atoms with van der Waals surface area (Å²) in [4.78, 5) is 41.5. The lowest BCUT2D eigenvalue weighted by molar-refractivity contribution is -0.141. The van der Waals surface area contributed by atoms with Crippen LogP contribution in [0.5, 0.6) is 5.75 Å². The van der Waals surface area contributed by atoms with E-state index in [1.807, 2.05) is 52.0 Å². The molecule has 8 heteroatoms. The molecule has 8 nitrogen and oxygen atoms in total. The number of benzene rings is 2. The highest BCUT2D eigenvalue weighted by molar-refractivity contribution is 5.99. The summed E-state index contributed by atoms with van der Waals surface area (Å²) >= 11 is 0. The summed E-state index contributed by atoms with van der Waals surface area (Å²) in [6, 6.07) is 12.7. The number of hydrogen-bond donors (Lipinski definition) is 2. The first-order valence-corrected chi connectivity index (χ1v) is 12.2. The topological polar surface area (TPSA) is 97.0 Å². The van der Waals surface area contributed by atoms with Crippen LogP contribution in [-0.4, -0.2) is 48.1 Å². The number of anilines is 1. The van der Waals surface area contributed by atoms with E-state index in [2.05, 4.69) is 10.6 Å². The number of amides is 3. The minimum atomic E-state index is -0.911. The van der Waals surface area contributed by atoms with E-state index in [1.165, 1.54) is 4.90 Å². The van der Waals surface area contributed by atoms with Crippen molar-refractivity contribution in [3.63, 3.8) is 0 Å². The normalized spacial score (nSPS) is 12.9. The summed E-state index contributed by atoms with van der Waals surface area (Å²) in [5, 5.41) is 5.63. The number of ether oxygens (including phenoxy) is 2. The van der Waals surface area contributed by atoms with E-state index in [9.17, 15) is 14.4 Å². The fourth-order valence-corrected chi connectivity index (χ4v) is 3.79. The summed E-state index contributed by atoms with van der Waals surface area (Å²) in [7, 11) is 1.57. The molecule has 2 aromatic rings. The van der Waals surface area contributed by atoms with Crippen LogP contribution in [0, 0.1) is 12.8 Å². The van der Waals surface area contributed by atoms with Gasteiger partial charge in [0.25, 0.3) is 5.91 Å². The summed E-state index contributed by atoms with van der Waals surface area (Å²) in [6.45, 7) is 13.0. The Balaban J connectivity index is 2.42. The van der Waals surface area contributed by atoms with Gasteiger partial charge in [-0.3, -0.25) is 9.59 Å². The van der Waals surface area contributed by atoms with Gasteiger partial charge in [0.05, 0.1) is 7.11 Å². The molecule has 2 atom stereocenters. The maximum atomic E-state index is 13.8. The number of alkyl carbamates (subject to hydrolysis) is 1. The Morgan fingerprint density at radius 1 is 1.03 bits per heavy atom. The van der Waals surface area contributed by atoms with Gasteiger partial charge in [-0.15, -0.1) is 0 Å². The van der Waals surface area contributed by atoms with Crippen molar-refractivity contribution < 1.29 is 23.9 Å². The predicted octanol–water partition coefficient (Wildman–Crippen LogP) is 5.08. The van der Waals surface area contributed by atoms with Crippen molar-refractivity contribution in [3.05, 3.63) is 59.7 Å². The van der Waals surface area contributed by atoms with Gasteiger partial charge in [-0.1, -0.05) is 43.7 Å². The van der Waals surface area contributed by atoms with Crippen LogP contribution in [0.4, 0.5) is 10.5 Å². The molecule has 2 unspecified atom stereocenters. The highest BCUT2D eigenvalue weighted by Gasteiger charge is 2.36. The third-order valence-electron chi connectivity index (χ3n) is 5.50. The Bertz CT molecular complexity index is 1040. The van der Waals surface area contributed by atoms with Gasteiger partial charge in [0.15, 0.2) is 0 Å². The van der Waals surface area contributed by atoms with Gasteiger partial charge in [-0.05, 0) is 70.4 Å². The number of aryl methyl sites for hydroxylation is 1. The Morgan fingerprint density at radius 2 is 1.67 bits per heavy atom. The highest BCUT2D eigenvalue weighted by Crippen LogP contribution is 2.26. The Labute approximate surface area is 214 Å². The molecule has 36 heavy (non-hydrogen) atoms. The second-order valence-corrected chi connectivity index (χ2v) is 10.0. The van der Waals surface area contributed by atoms with Crippen LogP contribution in [0.15, 0.2) is 48.5 Å². The molecule has 0 saturated carbocycles. The smallest absolute Gasteiger partial charge is 0.408 e. The molecular formula is C28H39N3O5. The molecule has 0 heterocycles. The molecule has 3 amide bonds. The molecule has 0 bridgehead atoms. The van der Waals surface area contributed by atoms with Crippen LogP contribution in [0.1, 0.15) is 58.7 Å². The van der Waals surface area contributed by atoms with Crippen molar-refractivity contribution >= 4 is 23.6 Å². The summed E-state index contributed by atoms with van der Waals surface area (Å²) in [5.41, 5.74) is 1.51. The van der Waals surface area contributed by atoms with Crippen LogP contribution in [0.2, 0.25) is 0 Å². The number of rotatable bonds is 9. The van der Waals surface area contributed by atoms with E-state index in [1.54, 1.807) is 52.1 Å². The SMILES string of the molecule is CCN(C(=O)C(NC(=O)OC(C)(C)C)C(C)C)C(C(=O)Nc1ccc(OC)cc1)c1cccc(C)c1. The summed E-state index contributed by atoms with van der Waals surface area (Å²) in [6.07, 6.45) is -0.680. The third kappa shape index (κ3) is 8.00. The van der Waals surface area contributed by atoms with Gasteiger partial charge in [0.2, 0.25) is 5.91 Å².